The number of rotatable bonds is 8. The zero-order chi connectivity index (χ0) is 13.4. The van der Waals surface area contributed by atoms with Crippen molar-refractivity contribution in [2.45, 2.75) is 38.8 Å². The van der Waals surface area contributed by atoms with Gasteiger partial charge < -0.3 is 19.5 Å². The number of carbonyl (C=O) groups is 2. The van der Waals surface area contributed by atoms with Crippen LogP contribution in [0.1, 0.15) is 26.7 Å². The molecule has 0 bridgehead atoms. The Morgan fingerprint density at radius 3 is 2.72 bits per heavy atom. The molecule has 104 valence electrons. The second-order valence-electron chi connectivity index (χ2n) is 4.03. The van der Waals surface area contributed by atoms with Gasteiger partial charge in [0.05, 0.1) is 6.61 Å². The number of amides is 1. The first kappa shape index (κ1) is 14.9. The molecular weight excluding hydrogens is 238 g/mol. The molecule has 1 fully saturated rings. The van der Waals surface area contributed by atoms with Gasteiger partial charge in [-0.1, -0.05) is 0 Å². The van der Waals surface area contributed by atoms with Gasteiger partial charge in [0, 0.05) is 19.6 Å². The van der Waals surface area contributed by atoms with Crippen molar-refractivity contribution >= 4 is 11.9 Å². The summed E-state index contributed by atoms with van der Waals surface area (Å²) in [6, 6.07) is -0.508. The van der Waals surface area contributed by atoms with Crippen LogP contribution in [-0.4, -0.2) is 50.4 Å². The molecule has 1 saturated heterocycles. The zero-order valence-electron chi connectivity index (χ0n) is 10.9. The molecule has 2 atom stereocenters. The van der Waals surface area contributed by atoms with Gasteiger partial charge in [0.1, 0.15) is 18.8 Å². The predicted molar refractivity (Wildman–Crippen MR) is 64.0 cm³/mol. The van der Waals surface area contributed by atoms with Crippen molar-refractivity contribution in [2.24, 2.45) is 0 Å². The maximum atomic E-state index is 11.6. The smallest absolute Gasteiger partial charge is 0.328 e. The lowest BCUT2D eigenvalue weighted by Gasteiger charge is -2.18. The van der Waals surface area contributed by atoms with E-state index in [1.54, 1.807) is 0 Å². The van der Waals surface area contributed by atoms with Gasteiger partial charge in [0.25, 0.3) is 0 Å². The lowest BCUT2D eigenvalue weighted by molar-refractivity contribution is -0.152. The van der Waals surface area contributed by atoms with E-state index in [9.17, 15) is 9.59 Å². The first-order valence-corrected chi connectivity index (χ1v) is 6.32. The fourth-order valence-corrected chi connectivity index (χ4v) is 1.70. The van der Waals surface area contributed by atoms with Gasteiger partial charge in [-0.2, -0.15) is 0 Å². The Morgan fingerprint density at radius 2 is 2.17 bits per heavy atom. The molecule has 0 aliphatic carbocycles. The molecule has 2 unspecified atom stereocenters. The number of hydrogen-bond acceptors (Lipinski definition) is 5. The normalized spacial score (nSPS) is 20.6. The quantitative estimate of drug-likeness (QED) is 0.632. The minimum absolute atomic E-state index is 0.104. The Balaban J connectivity index is 2.27. The van der Waals surface area contributed by atoms with Crippen molar-refractivity contribution in [3.63, 3.8) is 0 Å². The monoisotopic (exact) mass is 259 g/mol. The van der Waals surface area contributed by atoms with E-state index in [2.05, 4.69) is 5.32 Å². The van der Waals surface area contributed by atoms with Crippen molar-refractivity contribution in [3.05, 3.63) is 0 Å². The third-order valence-electron chi connectivity index (χ3n) is 2.60. The van der Waals surface area contributed by atoms with Crippen LogP contribution in [0.15, 0.2) is 0 Å². The molecule has 1 aliphatic rings. The van der Waals surface area contributed by atoms with Gasteiger partial charge in [0.2, 0.25) is 5.91 Å². The largest absolute Gasteiger partial charge is 0.461 e. The first-order valence-electron chi connectivity index (χ1n) is 6.32. The van der Waals surface area contributed by atoms with Crippen LogP contribution in [0.5, 0.6) is 0 Å². The maximum absolute atomic E-state index is 11.6. The Labute approximate surface area is 107 Å². The molecule has 0 aromatic heterocycles. The molecule has 18 heavy (non-hydrogen) atoms. The highest BCUT2D eigenvalue weighted by Gasteiger charge is 2.29. The highest BCUT2D eigenvalue weighted by atomic mass is 16.6. The molecule has 1 N–H and O–H groups in total. The molecule has 1 rings (SSSR count). The van der Waals surface area contributed by atoms with Crippen molar-refractivity contribution in [2.75, 3.05) is 26.4 Å². The van der Waals surface area contributed by atoms with Crippen LogP contribution in [0, 0.1) is 0 Å². The number of ether oxygens (including phenoxy) is 3. The molecular formula is C12H21NO5. The lowest BCUT2D eigenvalue weighted by atomic mass is 10.2. The Hall–Kier alpha value is -1.14. The van der Waals surface area contributed by atoms with E-state index in [0.717, 1.165) is 0 Å². The van der Waals surface area contributed by atoms with E-state index < -0.39 is 12.0 Å². The van der Waals surface area contributed by atoms with Gasteiger partial charge in [-0.25, -0.2) is 4.79 Å². The summed E-state index contributed by atoms with van der Waals surface area (Å²) in [5.41, 5.74) is 0. The van der Waals surface area contributed by atoms with Crippen LogP contribution in [0.25, 0.3) is 0 Å². The third kappa shape index (κ3) is 5.01. The van der Waals surface area contributed by atoms with E-state index in [1.165, 1.54) is 0 Å². The van der Waals surface area contributed by atoms with E-state index in [1.807, 2.05) is 13.8 Å². The summed E-state index contributed by atoms with van der Waals surface area (Å²) in [6.07, 6.45) is 0.631. The van der Waals surface area contributed by atoms with Crippen LogP contribution >= 0.6 is 0 Å². The number of hydrogen-bond donors (Lipinski definition) is 1. The minimum Gasteiger partial charge on any atom is -0.461 e. The van der Waals surface area contributed by atoms with Crippen LogP contribution < -0.4 is 5.32 Å². The lowest BCUT2D eigenvalue weighted by Crippen LogP contribution is -2.37. The summed E-state index contributed by atoms with van der Waals surface area (Å²) in [5.74, 6) is -0.505. The van der Waals surface area contributed by atoms with Crippen LogP contribution in [0.2, 0.25) is 0 Å². The molecule has 6 heteroatoms. The number of carbonyl (C=O) groups excluding carboxylic acids is 2. The minimum atomic E-state index is -0.508. The summed E-state index contributed by atoms with van der Waals surface area (Å²) in [7, 11) is 0. The molecule has 1 amide bonds. The zero-order valence-corrected chi connectivity index (χ0v) is 10.9. The molecule has 0 saturated carbocycles. The maximum Gasteiger partial charge on any atom is 0.328 e. The van der Waals surface area contributed by atoms with E-state index in [-0.39, 0.29) is 18.6 Å². The highest BCUT2D eigenvalue weighted by molar-refractivity contribution is 5.88. The second-order valence-corrected chi connectivity index (χ2v) is 4.03. The fraction of sp³-hybridized carbons (Fsp3) is 0.833. The number of esters is 1. The van der Waals surface area contributed by atoms with E-state index >= 15 is 0 Å². The second kappa shape index (κ2) is 8.05. The first-order chi connectivity index (χ1) is 8.67. The summed E-state index contributed by atoms with van der Waals surface area (Å²) in [6.45, 7) is 5.44. The summed E-state index contributed by atoms with van der Waals surface area (Å²) >= 11 is 0. The van der Waals surface area contributed by atoms with Crippen LogP contribution in [0.4, 0.5) is 0 Å². The molecule has 0 radical (unpaired) electrons. The number of nitrogens with one attached hydrogen (secondary N) is 1. The van der Waals surface area contributed by atoms with Crippen LogP contribution in [-0.2, 0) is 23.8 Å². The van der Waals surface area contributed by atoms with E-state index in [4.69, 9.17) is 14.2 Å². The summed E-state index contributed by atoms with van der Waals surface area (Å²) in [4.78, 5) is 22.6. The van der Waals surface area contributed by atoms with Crippen LogP contribution in [0.3, 0.4) is 0 Å². The van der Waals surface area contributed by atoms with Crippen molar-refractivity contribution in [3.8, 4) is 0 Å². The molecule has 6 nitrogen and oxygen atoms in total. The average molecular weight is 259 g/mol. The molecule has 0 aromatic rings. The van der Waals surface area contributed by atoms with E-state index in [0.29, 0.717) is 32.7 Å². The highest BCUT2D eigenvalue weighted by Crippen LogP contribution is 2.08. The van der Waals surface area contributed by atoms with Gasteiger partial charge in [0.15, 0.2) is 0 Å². The van der Waals surface area contributed by atoms with Crippen molar-refractivity contribution in [1.82, 2.24) is 5.32 Å². The van der Waals surface area contributed by atoms with Crippen molar-refractivity contribution in [1.29, 1.82) is 0 Å². The standard InChI is InChI=1S/C12H21NO5/c1-3-16-7-9(17-4-2)8-18-12(15)10-5-6-11(14)13-10/h9-10H,3-8H2,1-2H3,(H,13,14). The van der Waals surface area contributed by atoms with Crippen molar-refractivity contribution < 1.29 is 23.8 Å². The predicted octanol–water partition coefficient (Wildman–Crippen LogP) is 0.250. The topological polar surface area (TPSA) is 73.9 Å². The third-order valence-corrected chi connectivity index (χ3v) is 2.60. The van der Waals surface area contributed by atoms with Gasteiger partial charge in [-0.05, 0) is 20.3 Å². The van der Waals surface area contributed by atoms with Gasteiger partial charge >= 0.3 is 5.97 Å². The molecule has 1 heterocycles. The Bertz CT molecular complexity index is 282. The molecule has 0 spiro atoms. The van der Waals surface area contributed by atoms with Gasteiger partial charge in [-0.3, -0.25) is 4.79 Å². The molecule has 0 aromatic carbocycles. The van der Waals surface area contributed by atoms with Gasteiger partial charge in [-0.15, -0.1) is 0 Å². The fourth-order valence-electron chi connectivity index (χ4n) is 1.70. The average Bonchev–Trinajstić information content (AvgIpc) is 2.79. The Kier molecular flexibility index (Phi) is 6.67. The molecule has 1 aliphatic heterocycles. The summed E-state index contributed by atoms with van der Waals surface area (Å²) in [5, 5.41) is 2.57. The Morgan fingerprint density at radius 1 is 1.39 bits per heavy atom. The SMILES string of the molecule is CCOCC(COC(=O)C1CCC(=O)N1)OCC. The summed E-state index contributed by atoms with van der Waals surface area (Å²) < 4.78 is 15.8.